The molecule has 0 fully saturated rings. The Balaban J connectivity index is 2.63. The number of ether oxygens (including phenoxy) is 2. The summed E-state index contributed by atoms with van der Waals surface area (Å²) < 4.78 is 10.4. The molecule has 118 valence electrons. The summed E-state index contributed by atoms with van der Waals surface area (Å²) in [6.45, 7) is 3.83. The van der Waals surface area contributed by atoms with E-state index in [2.05, 4.69) is 5.32 Å². The highest BCUT2D eigenvalue weighted by atomic mass is 35.5. The van der Waals surface area contributed by atoms with Crippen LogP contribution in [0.5, 0.6) is 0 Å². The molecule has 1 aromatic carbocycles. The first-order valence-electron chi connectivity index (χ1n) is 6.80. The monoisotopic (exact) mass is 331 g/mol. The van der Waals surface area contributed by atoms with E-state index in [0.717, 1.165) is 11.3 Å². The van der Waals surface area contributed by atoms with Gasteiger partial charge in [0.25, 0.3) is 0 Å². The van der Waals surface area contributed by atoms with Crippen molar-refractivity contribution in [1.29, 1.82) is 0 Å². The molecule has 0 radical (unpaired) electrons. The van der Waals surface area contributed by atoms with E-state index in [1.165, 1.54) is 11.8 Å². The van der Waals surface area contributed by atoms with Crippen molar-refractivity contribution in [2.75, 3.05) is 14.2 Å². The van der Waals surface area contributed by atoms with E-state index in [-0.39, 0.29) is 17.2 Å². The fourth-order valence-electron chi connectivity index (χ4n) is 1.87. The summed E-state index contributed by atoms with van der Waals surface area (Å²) in [5.74, 6) is -0.0640. The lowest BCUT2D eigenvalue weighted by atomic mass is 10.2. The Labute approximate surface area is 135 Å². The Bertz CT molecular complexity index is 454. The highest BCUT2D eigenvalue weighted by molar-refractivity contribution is 8.00. The minimum Gasteiger partial charge on any atom is -0.354 e. The Morgan fingerprint density at radius 1 is 1.33 bits per heavy atom. The number of rotatable bonds is 8. The lowest BCUT2D eigenvalue weighted by Gasteiger charge is -2.26. The third-order valence-electron chi connectivity index (χ3n) is 3.07. The highest BCUT2D eigenvalue weighted by Gasteiger charge is 2.24. The number of thioether (sulfide) groups is 1. The van der Waals surface area contributed by atoms with Crippen molar-refractivity contribution in [3.8, 4) is 0 Å². The molecule has 1 amide bonds. The molecule has 0 heterocycles. The van der Waals surface area contributed by atoms with Gasteiger partial charge in [-0.1, -0.05) is 30.7 Å². The van der Waals surface area contributed by atoms with Crippen LogP contribution in [0.3, 0.4) is 0 Å². The molecule has 6 heteroatoms. The van der Waals surface area contributed by atoms with Crippen LogP contribution < -0.4 is 5.32 Å². The largest absolute Gasteiger partial charge is 0.354 e. The standard InChI is InChI=1S/C15H22ClNO3S/c1-5-12(15(19-3)20-4)17-14(18)10(2)21-13-9-7-6-8-11(13)16/h6-10,12,15H,5H2,1-4H3,(H,17,18)/t10-,12+/m1/s1. The molecule has 1 rings (SSSR count). The van der Waals surface area contributed by atoms with Crippen molar-refractivity contribution < 1.29 is 14.3 Å². The minimum atomic E-state index is -0.448. The second-order valence-electron chi connectivity index (χ2n) is 4.55. The maximum absolute atomic E-state index is 12.3. The normalized spacial score (nSPS) is 14.0. The number of hydrogen-bond donors (Lipinski definition) is 1. The van der Waals surface area contributed by atoms with Crippen LogP contribution in [-0.2, 0) is 14.3 Å². The predicted octanol–water partition coefficient (Wildman–Crippen LogP) is 3.33. The van der Waals surface area contributed by atoms with Gasteiger partial charge in [-0.05, 0) is 25.5 Å². The Hall–Kier alpha value is -0.750. The number of carbonyl (C=O) groups excluding carboxylic acids is 1. The summed E-state index contributed by atoms with van der Waals surface area (Å²) >= 11 is 7.54. The van der Waals surface area contributed by atoms with Crippen LogP contribution in [0.15, 0.2) is 29.2 Å². The number of carbonyl (C=O) groups is 1. The lowest BCUT2D eigenvalue weighted by molar-refractivity contribution is -0.137. The zero-order valence-corrected chi connectivity index (χ0v) is 14.3. The van der Waals surface area contributed by atoms with E-state index in [1.54, 1.807) is 14.2 Å². The van der Waals surface area contributed by atoms with Crippen LogP contribution in [0.4, 0.5) is 0 Å². The summed E-state index contributed by atoms with van der Waals surface area (Å²) in [5.41, 5.74) is 0. The smallest absolute Gasteiger partial charge is 0.233 e. The molecule has 1 N–H and O–H groups in total. The summed E-state index contributed by atoms with van der Waals surface area (Å²) in [5, 5.41) is 3.35. The molecule has 0 saturated carbocycles. The van der Waals surface area contributed by atoms with Gasteiger partial charge in [0.2, 0.25) is 5.91 Å². The van der Waals surface area contributed by atoms with Crippen LogP contribution in [-0.4, -0.2) is 37.7 Å². The van der Waals surface area contributed by atoms with Gasteiger partial charge in [-0.2, -0.15) is 0 Å². The number of benzene rings is 1. The molecule has 4 nitrogen and oxygen atoms in total. The van der Waals surface area contributed by atoms with Gasteiger partial charge in [0.05, 0.1) is 16.3 Å². The molecule has 0 aromatic heterocycles. The van der Waals surface area contributed by atoms with Gasteiger partial charge in [-0.25, -0.2) is 0 Å². The van der Waals surface area contributed by atoms with Gasteiger partial charge >= 0.3 is 0 Å². The first-order chi connectivity index (χ1) is 10.0. The van der Waals surface area contributed by atoms with Crippen LogP contribution in [0, 0.1) is 0 Å². The van der Waals surface area contributed by atoms with Gasteiger partial charge in [0.15, 0.2) is 6.29 Å². The van der Waals surface area contributed by atoms with Crippen molar-refractivity contribution in [1.82, 2.24) is 5.32 Å². The quantitative estimate of drug-likeness (QED) is 0.586. The van der Waals surface area contributed by atoms with Gasteiger partial charge in [0, 0.05) is 19.1 Å². The number of amides is 1. The second kappa shape index (κ2) is 9.30. The predicted molar refractivity (Wildman–Crippen MR) is 86.8 cm³/mol. The van der Waals surface area contributed by atoms with Crippen molar-refractivity contribution in [2.45, 2.75) is 42.7 Å². The van der Waals surface area contributed by atoms with Crippen molar-refractivity contribution >= 4 is 29.3 Å². The Morgan fingerprint density at radius 3 is 2.48 bits per heavy atom. The van der Waals surface area contributed by atoms with Crippen LogP contribution in [0.2, 0.25) is 5.02 Å². The van der Waals surface area contributed by atoms with Crippen molar-refractivity contribution in [3.05, 3.63) is 29.3 Å². The molecule has 0 unspecified atom stereocenters. The lowest BCUT2D eigenvalue weighted by Crippen LogP contribution is -2.47. The zero-order valence-electron chi connectivity index (χ0n) is 12.8. The summed E-state index contributed by atoms with van der Waals surface area (Å²) in [6, 6.07) is 7.31. The van der Waals surface area contributed by atoms with Crippen LogP contribution in [0.1, 0.15) is 20.3 Å². The average molecular weight is 332 g/mol. The minimum absolute atomic E-state index is 0.0640. The summed E-state index contributed by atoms with van der Waals surface area (Å²) in [4.78, 5) is 13.2. The third-order valence-corrected chi connectivity index (χ3v) is 4.69. The zero-order chi connectivity index (χ0) is 15.8. The van der Waals surface area contributed by atoms with Gasteiger partial charge in [-0.15, -0.1) is 11.8 Å². The number of methoxy groups -OCH3 is 2. The van der Waals surface area contributed by atoms with Gasteiger partial charge in [0.1, 0.15) is 0 Å². The first kappa shape index (κ1) is 18.3. The molecule has 0 aliphatic heterocycles. The van der Waals surface area contributed by atoms with Gasteiger partial charge < -0.3 is 14.8 Å². The molecular formula is C15H22ClNO3S. The van der Waals surface area contributed by atoms with Crippen LogP contribution >= 0.6 is 23.4 Å². The Morgan fingerprint density at radius 2 is 1.95 bits per heavy atom. The molecule has 21 heavy (non-hydrogen) atoms. The molecule has 0 aliphatic carbocycles. The van der Waals surface area contributed by atoms with Crippen molar-refractivity contribution in [2.24, 2.45) is 0 Å². The molecule has 2 atom stereocenters. The molecule has 0 saturated heterocycles. The molecule has 0 bridgehead atoms. The topological polar surface area (TPSA) is 47.6 Å². The SMILES string of the molecule is CC[C@H](NC(=O)[C@@H](C)Sc1ccccc1Cl)C(OC)OC. The third kappa shape index (κ3) is 5.51. The van der Waals surface area contributed by atoms with E-state index in [0.29, 0.717) is 5.02 Å². The van der Waals surface area contributed by atoms with Crippen LogP contribution in [0.25, 0.3) is 0 Å². The molecule has 0 aliphatic rings. The van der Waals surface area contributed by atoms with Gasteiger partial charge in [-0.3, -0.25) is 4.79 Å². The van der Waals surface area contributed by atoms with Crippen molar-refractivity contribution in [3.63, 3.8) is 0 Å². The van der Waals surface area contributed by atoms with E-state index in [9.17, 15) is 4.79 Å². The molecular weight excluding hydrogens is 310 g/mol. The number of hydrogen-bond acceptors (Lipinski definition) is 4. The summed E-state index contributed by atoms with van der Waals surface area (Å²) in [7, 11) is 3.12. The molecule has 1 aromatic rings. The average Bonchev–Trinajstić information content (AvgIpc) is 2.49. The van der Waals surface area contributed by atoms with E-state index >= 15 is 0 Å². The maximum atomic E-state index is 12.3. The fourth-order valence-corrected chi connectivity index (χ4v) is 3.03. The van der Waals surface area contributed by atoms with E-state index in [1.807, 2.05) is 38.1 Å². The highest BCUT2D eigenvalue weighted by Crippen LogP contribution is 2.30. The summed E-state index contributed by atoms with van der Waals surface area (Å²) in [6.07, 6.45) is 0.276. The fraction of sp³-hybridized carbons (Fsp3) is 0.533. The maximum Gasteiger partial charge on any atom is 0.233 e. The number of nitrogens with one attached hydrogen (secondary N) is 1. The second-order valence-corrected chi connectivity index (χ2v) is 6.34. The number of halogens is 1. The van der Waals surface area contributed by atoms with E-state index < -0.39 is 6.29 Å². The van der Waals surface area contributed by atoms with E-state index in [4.69, 9.17) is 21.1 Å². The first-order valence-corrected chi connectivity index (χ1v) is 8.06. The Kier molecular flexibility index (Phi) is 8.11. The molecule has 0 spiro atoms.